The molecule has 92 valence electrons. The Morgan fingerprint density at radius 2 is 2.29 bits per heavy atom. The number of benzene rings is 1. The molecule has 0 aliphatic carbocycles. The van der Waals surface area contributed by atoms with Gasteiger partial charge in [0.25, 0.3) is 0 Å². The van der Waals surface area contributed by atoms with Gasteiger partial charge in [-0.25, -0.2) is 4.39 Å². The van der Waals surface area contributed by atoms with Gasteiger partial charge in [-0.3, -0.25) is 0 Å². The molecule has 1 aromatic carbocycles. The van der Waals surface area contributed by atoms with Gasteiger partial charge in [-0.05, 0) is 24.6 Å². The molecule has 0 heterocycles. The van der Waals surface area contributed by atoms with Crippen molar-refractivity contribution in [1.29, 1.82) is 0 Å². The molecule has 2 nitrogen and oxygen atoms in total. The van der Waals surface area contributed by atoms with Crippen molar-refractivity contribution in [3.8, 4) is 11.8 Å². The Morgan fingerprint density at radius 1 is 1.53 bits per heavy atom. The van der Waals surface area contributed by atoms with Crippen LogP contribution in [0.3, 0.4) is 0 Å². The second-order valence-electron chi connectivity index (χ2n) is 3.59. The van der Waals surface area contributed by atoms with E-state index in [2.05, 4.69) is 17.2 Å². The van der Waals surface area contributed by atoms with Crippen LogP contribution in [-0.2, 0) is 0 Å². The molecule has 1 aromatic rings. The summed E-state index contributed by atoms with van der Waals surface area (Å²) in [6, 6.07) is 4.67. The smallest absolute Gasteiger partial charge is 0.142 e. The summed E-state index contributed by atoms with van der Waals surface area (Å²) >= 11 is 5.63. The van der Waals surface area contributed by atoms with E-state index in [1.807, 2.05) is 0 Å². The molecule has 0 radical (unpaired) electrons. The maximum atomic E-state index is 13.3. The summed E-state index contributed by atoms with van der Waals surface area (Å²) in [5, 5.41) is 3.36. The van der Waals surface area contributed by atoms with E-state index in [9.17, 15) is 4.39 Å². The van der Waals surface area contributed by atoms with Crippen molar-refractivity contribution in [1.82, 2.24) is 5.32 Å². The molecule has 0 fully saturated rings. The third-order valence-corrected chi connectivity index (χ3v) is 2.71. The van der Waals surface area contributed by atoms with Gasteiger partial charge in [-0.1, -0.05) is 17.7 Å². The molecule has 1 atom stereocenters. The van der Waals surface area contributed by atoms with Gasteiger partial charge in [-0.2, -0.15) is 0 Å². The molecule has 1 unspecified atom stereocenters. The molecule has 17 heavy (non-hydrogen) atoms. The molecule has 0 saturated heterocycles. The second kappa shape index (κ2) is 7.29. The van der Waals surface area contributed by atoms with E-state index in [0.29, 0.717) is 6.54 Å². The fourth-order valence-electron chi connectivity index (χ4n) is 1.50. The molecule has 1 rings (SSSR count). The van der Waals surface area contributed by atoms with E-state index < -0.39 is 5.82 Å². The summed E-state index contributed by atoms with van der Waals surface area (Å²) in [5.74, 6) is 5.35. The summed E-state index contributed by atoms with van der Waals surface area (Å²) < 4.78 is 13.3. The minimum absolute atomic E-state index is 0.0691. The van der Waals surface area contributed by atoms with Crippen molar-refractivity contribution >= 4 is 11.6 Å². The van der Waals surface area contributed by atoms with Crippen LogP contribution in [0.1, 0.15) is 24.9 Å². The quantitative estimate of drug-likeness (QED) is 0.626. The minimum Gasteiger partial charge on any atom is -0.329 e. The molecule has 0 amide bonds. The first kappa shape index (κ1) is 14.0. The van der Waals surface area contributed by atoms with Crippen molar-refractivity contribution in [3.63, 3.8) is 0 Å². The van der Waals surface area contributed by atoms with Gasteiger partial charge in [0.2, 0.25) is 0 Å². The van der Waals surface area contributed by atoms with Crippen LogP contribution in [0.15, 0.2) is 18.2 Å². The van der Waals surface area contributed by atoms with E-state index in [1.165, 1.54) is 6.07 Å². The average Bonchev–Trinajstić information content (AvgIpc) is 2.33. The lowest BCUT2D eigenvalue weighted by atomic mass is 10.1. The molecule has 0 bridgehead atoms. The lowest BCUT2D eigenvalue weighted by Gasteiger charge is -2.16. The zero-order valence-corrected chi connectivity index (χ0v) is 10.5. The van der Waals surface area contributed by atoms with E-state index in [0.717, 1.165) is 18.5 Å². The van der Waals surface area contributed by atoms with Crippen LogP contribution < -0.4 is 11.1 Å². The van der Waals surface area contributed by atoms with Gasteiger partial charge >= 0.3 is 0 Å². The van der Waals surface area contributed by atoms with Crippen LogP contribution in [0.5, 0.6) is 0 Å². The van der Waals surface area contributed by atoms with Crippen LogP contribution >= 0.6 is 11.6 Å². The Kier molecular flexibility index (Phi) is 5.99. The molecule has 0 spiro atoms. The van der Waals surface area contributed by atoms with E-state index in [-0.39, 0.29) is 11.1 Å². The van der Waals surface area contributed by atoms with Gasteiger partial charge in [0, 0.05) is 25.6 Å². The lowest BCUT2D eigenvalue weighted by Crippen LogP contribution is -2.29. The predicted octanol–water partition coefficient (Wildman–Crippen LogP) is 2.48. The summed E-state index contributed by atoms with van der Waals surface area (Å²) in [4.78, 5) is 0. The topological polar surface area (TPSA) is 38.0 Å². The molecular weight excluding hydrogens is 239 g/mol. The first-order chi connectivity index (χ1) is 8.19. The highest BCUT2D eigenvalue weighted by atomic mass is 35.5. The predicted molar refractivity (Wildman–Crippen MR) is 69.3 cm³/mol. The van der Waals surface area contributed by atoms with Crippen LogP contribution in [0, 0.1) is 17.7 Å². The van der Waals surface area contributed by atoms with Crippen molar-refractivity contribution in [3.05, 3.63) is 34.6 Å². The second-order valence-corrected chi connectivity index (χ2v) is 4.00. The number of nitrogens with two attached hydrogens (primary N) is 1. The molecule has 0 aliphatic rings. The molecule has 0 saturated carbocycles. The highest BCUT2D eigenvalue weighted by molar-refractivity contribution is 6.30. The maximum absolute atomic E-state index is 13.3. The molecule has 3 N–H and O–H groups in total. The normalized spacial score (nSPS) is 11.8. The Balaban J connectivity index is 2.64. The van der Waals surface area contributed by atoms with Crippen molar-refractivity contribution in [2.24, 2.45) is 5.73 Å². The first-order valence-corrected chi connectivity index (χ1v) is 5.84. The maximum Gasteiger partial charge on any atom is 0.142 e. The van der Waals surface area contributed by atoms with E-state index >= 15 is 0 Å². The van der Waals surface area contributed by atoms with E-state index in [1.54, 1.807) is 19.1 Å². The standard InChI is InChI=1S/C13H16ClFN2/c1-2-3-4-7-17-13(9-16)10-5-6-11(14)12(15)8-10/h5-6,8,13,17H,4,7,9,16H2,1H3. The molecule has 4 heteroatoms. The number of hydrogen-bond donors (Lipinski definition) is 2. The first-order valence-electron chi connectivity index (χ1n) is 5.47. The van der Waals surface area contributed by atoms with Gasteiger partial charge in [-0.15, -0.1) is 11.8 Å². The summed E-state index contributed by atoms with van der Waals surface area (Å²) in [7, 11) is 0. The average molecular weight is 255 g/mol. The van der Waals surface area contributed by atoms with Crippen molar-refractivity contribution in [2.75, 3.05) is 13.1 Å². The Hall–Kier alpha value is -1.08. The Bertz CT molecular complexity index is 423. The number of nitrogens with one attached hydrogen (secondary N) is 1. The summed E-state index contributed by atoms with van der Waals surface area (Å²) in [6.07, 6.45) is 0.753. The summed E-state index contributed by atoms with van der Waals surface area (Å²) in [6.45, 7) is 2.93. The SMILES string of the molecule is CC#CCCNC(CN)c1ccc(Cl)c(F)c1. The molecule has 0 aliphatic heterocycles. The van der Waals surface area contributed by atoms with Crippen molar-refractivity contribution in [2.45, 2.75) is 19.4 Å². The third kappa shape index (κ3) is 4.35. The fourth-order valence-corrected chi connectivity index (χ4v) is 1.62. The number of rotatable bonds is 5. The van der Waals surface area contributed by atoms with Crippen molar-refractivity contribution < 1.29 is 4.39 Å². The van der Waals surface area contributed by atoms with E-state index in [4.69, 9.17) is 17.3 Å². The van der Waals surface area contributed by atoms with Gasteiger partial charge in [0.05, 0.1) is 5.02 Å². The third-order valence-electron chi connectivity index (χ3n) is 2.40. The van der Waals surface area contributed by atoms with Crippen LogP contribution in [0.25, 0.3) is 0 Å². The van der Waals surface area contributed by atoms with Crippen LogP contribution in [0.4, 0.5) is 4.39 Å². The minimum atomic E-state index is -0.419. The monoisotopic (exact) mass is 254 g/mol. The lowest BCUT2D eigenvalue weighted by molar-refractivity contribution is 0.544. The zero-order chi connectivity index (χ0) is 12.7. The van der Waals surface area contributed by atoms with Gasteiger partial charge < -0.3 is 11.1 Å². The number of hydrogen-bond acceptors (Lipinski definition) is 2. The highest BCUT2D eigenvalue weighted by Gasteiger charge is 2.10. The highest BCUT2D eigenvalue weighted by Crippen LogP contribution is 2.19. The molecule has 0 aromatic heterocycles. The molecular formula is C13H16ClFN2. The summed E-state index contributed by atoms with van der Waals surface area (Å²) in [5.41, 5.74) is 6.46. The number of halogens is 2. The Labute approximate surface area is 106 Å². The fraction of sp³-hybridized carbons (Fsp3) is 0.385. The zero-order valence-electron chi connectivity index (χ0n) is 9.76. The largest absolute Gasteiger partial charge is 0.329 e. The van der Waals surface area contributed by atoms with Crippen LogP contribution in [-0.4, -0.2) is 13.1 Å². The van der Waals surface area contributed by atoms with Gasteiger partial charge in [0.1, 0.15) is 5.82 Å². The van der Waals surface area contributed by atoms with Crippen LogP contribution in [0.2, 0.25) is 5.02 Å². The van der Waals surface area contributed by atoms with Gasteiger partial charge in [0.15, 0.2) is 0 Å². The Morgan fingerprint density at radius 3 is 2.88 bits per heavy atom.